The van der Waals surface area contributed by atoms with E-state index in [2.05, 4.69) is 20.6 Å². The topological polar surface area (TPSA) is 78.8 Å². The summed E-state index contributed by atoms with van der Waals surface area (Å²) in [6.45, 7) is 2.63. The number of hydrogen-bond acceptors (Lipinski definition) is 4. The van der Waals surface area contributed by atoms with Crippen LogP contribution in [-0.2, 0) is 13.6 Å². The third-order valence-electron chi connectivity index (χ3n) is 4.27. The second-order valence-corrected chi connectivity index (χ2v) is 6.20. The number of nitrogens with zero attached hydrogens (tertiary/aromatic N) is 3. The van der Waals surface area contributed by atoms with Gasteiger partial charge in [-0.05, 0) is 37.1 Å². The molecular formula is C18H22FN5O. The lowest BCUT2D eigenvalue weighted by Crippen LogP contribution is -2.27. The smallest absolute Gasteiger partial charge is 0.123 e. The molecule has 2 heterocycles. The van der Waals surface area contributed by atoms with Crippen LogP contribution >= 0.6 is 0 Å². The molecule has 0 bridgehead atoms. The van der Waals surface area contributed by atoms with Crippen LogP contribution in [0.2, 0.25) is 0 Å². The number of H-pyrrole nitrogens is 1. The zero-order chi connectivity index (χ0) is 17.8. The summed E-state index contributed by atoms with van der Waals surface area (Å²) in [6, 6.07) is 7.96. The van der Waals surface area contributed by atoms with Crippen LogP contribution in [0.15, 0.2) is 42.7 Å². The highest BCUT2D eigenvalue weighted by Gasteiger charge is 2.15. The molecule has 0 saturated carbocycles. The van der Waals surface area contributed by atoms with Crippen LogP contribution in [0.3, 0.4) is 0 Å². The fourth-order valence-corrected chi connectivity index (χ4v) is 2.81. The predicted molar refractivity (Wildman–Crippen MR) is 93.1 cm³/mol. The van der Waals surface area contributed by atoms with Crippen molar-refractivity contribution in [1.29, 1.82) is 0 Å². The minimum atomic E-state index is -0.635. The molecule has 0 radical (unpaired) electrons. The Morgan fingerprint density at radius 2 is 2.04 bits per heavy atom. The SMILES string of the molecule is CC(CC(O)c1ccc(F)cc1)NCc1cn[nH]c1-c1ccnn1C. The summed E-state index contributed by atoms with van der Waals surface area (Å²) in [5.41, 5.74) is 3.65. The third-order valence-corrected chi connectivity index (χ3v) is 4.27. The number of aromatic amines is 1. The van der Waals surface area contributed by atoms with Gasteiger partial charge in [-0.2, -0.15) is 10.2 Å². The second kappa shape index (κ2) is 7.58. The highest BCUT2D eigenvalue weighted by Crippen LogP contribution is 2.21. The van der Waals surface area contributed by atoms with Crippen LogP contribution in [0.5, 0.6) is 0 Å². The van der Waals surface area contributed by atoms with Crippen molar-refractivity contribution in [2.24, 2.45) is 7.05 Å². The van der Waals surface area contributed by atoms with Crippen molar-refractivity contribution in [3.05, 3.63) is 59.7 Å². The molecule has 132 valence electrons. The van der Waals surface area contributed by atoms with Crippen LogP contribution in [-0.4, -0.2) is 31.1 Å². The van der Waals surface area contributed by atoms with E-state index in [0.29, 0.717) is 18.5 Å². The number of benzene rings is 1. The van der Waals surface area contributed by atoms with Crippen molar-refractivity contribution in [3.63, 3.8) is 0 Å². The first kappa shape index (κ1) is 17.3. The average Bonchev–Trinajstić information content (AvgIpc) is 3.21. The molecule has 3 rings (SSSR count). The van der Waals surface area contributed by atoms with E-state index in [1.807, 2.05) is 20.0 Å². The first-order valence-electron chi connectivity index (χ1n) is 8.22. The van der Waals surface area contributed by atoms with E-state index in [1.165, 1.54) is 12.1 Å². The molecule has 0 amide bonds. The lowest BCUT2D eigenvalue weighted by atomic mass is 10.0. The number of rotatable bonds is 7. The lowest BCUT2D eigenvalue weighted by Gasteiger charge is -2.18. The summed E-state index contributed by atoms with van der Waals surface area (Å²) in [6.07, 6.45) is 3.43. The standard InChI is InChI=1S/C18H22FN5O/c1-12(9-17(25)13-3-5-15(19)6-4-13)20-10-14-11-21-23-18(14)16-7-8-22-24(16)2/h3-8,11-12,17,20,25H,9-10H2,1-2H3,(H,21,23). The van der Waals surface area contributed by atoms with Gasteiger partial charge in [-0.15, -0.1) is 0 Å². The van der Waals surface area contributed by atoms with Crippen molar-refractivity contribution < 1.29 is 9.50 Å². The van der Waals surface area contributed by atoms with Crippen molar-refractivity contribution in [3.8, 4) is 11.4 Å². The average molecular weight is 343 g/mol. The number of halogens is 1. The Balaban J connectivity index is 1.58. The number of aliphatic hydroxyl groups is 1. The van der Waals surface area contributed by atoms with Gasteiger partial charge in [0, 0.05) is 31.4 Å². The minimum Gasteiger partial charge on any atom is -0.388 e. The van der Waals surface area contributed by atoms with E-state index >= 15 is 0 Å². The zero-order valence-electron chi connectivity index (χ0n) is 14.3. The van der Waals surface area contributed by atoms with Crippen LogP contribution < -0.4 is 5.32 Å². The fraction of sp³-hybridized carbons (Fsp3) is 0.333. The van der Waals surface area contributed by atoms with Gasteiger partial charge >= 0.3 is 0 Å². The highest BCUT2D eigenvalue weighted by molar-refractivity contribution is 5.58. The molecule has 0 aliphatic carbocycles. The van der Waals surface area contributed by atoms with Crippen LogP contribution in [0.1, 0.15) is 30.6 Å². The van der Waals surface area contributed by atoms with Crippen molar-refractivity contribution >= 4 is 0 Å². The van der Waals surface area contributed by atoms with E-state index in [0.717, 1.165) is 17.0 Å². The maximum atomic E-state index is 13.0. The van der Waals surface area contributed by atoms with Crippen LogP contribution in [0, 0.1) is 5.82 Å². The Kier molecular flexibility index (Phi) is 5.25. The Morgan fingerprint density at radius 1 is 1.28 bits per heavy atom. The van der Waals surface area contributed by atoms with Crippen molar-refractivity contribution in [1.82, 2.24) is 25.3 Å². The quantitative estimate of drug-likeness (QED) is 0.616. The van der Waals surface area contributed by atoms with Gasteiger partial charge < -0.3 is 10.4 Å². The van der Waals surface area contributed by atoms with E-state index < -0.39 is 6.10 Å². The van der Waals surface area contributed by atoms with Gasteiger partial charge in [0.05, 0.1) is 23.7 Å². The predicted octanol–water partition coefficient (Wildman–Crippen LogP) is 2.55. The molecular weight excluding hydrogens is 321 g/mol. The molecule has 0 spiro atoms. The molecule has 0 saturated heterocycles. The Bertz CT molecular complexity index is 811. The molecule has 0 aliphatic heterocycles. The van der Waals surface area contributed by atoms with Crippen molar-refractivity contribution in [2.75, 3.05) is 0 Å². The van der Waals surface area contributed by atoms with E-state index in [9.17, 15) is 9.50 Å². The second-order valence-electron chi connectivity index (χ2n) is 6.20. The van der Waals surface area contributed by atoms with Gasteiger partial charge in [0.2, 0.25) is 0 Å². The maximum absolute atomic E-state index is 13.0. The fourth-order valence-electron chi connectivity index (χ4n) is 2.81. The molecule has 0 aliphatic rings. The summed E-state index contributed by atoms with van der Waals surface area (Å²) in [5.74, 6) is -0.301. The summed E-state index contributed by atoms with van der Waals surface area (Å²) in [4.78, 5) is 0. The Labute approximate surface area is 145 Å². The third kappa shape index (κ3) is 4.12. The summed E-state index contributed by atoms with van der Waals surface area (Å²) in [7, 11) is 1.88. The Morgan fingerprint density at radius 3 is 2.72 bits per heavy atom. The molecule has 6 nitrogen and oxygen atoms in total. The molecule has 7 heteroatoms. The van der Waals surface area contributed by atoms with Crippen LogP contribution in [0.25, 0.3) is 11.4 Å². The van der Waals surface area contributed by atoms with Gasteiger partial charge in [0.15, 0.2) is 0 Å². The molecule has 1 aromatic carbocycles. The molecule has 25 heavy (non-hydrogen) atoms. The normalized spacial score (nSPS) is 13.8. The molecule has 2 atom stereocenters. The van der Waals surface area contributed by atoms with E-state index in [-0.39, 0.29) is 11.9 Å². The van der Waals surface area contributed by atoms with E-state index in [1.54, 1.807) is 29.2 Å². The molecule has 2 aromatic heterocycles. The Hall–Kier alpha value is -2.51. The zero-order valence-corrected chi connectivity index (χ0v) is 14.3. The number of aromatic nitrogens is 4. The van der Waals surface area contributed by atoms with Gasteiger partial charge in [-0.3, -0.25) is 9.78 Å². The number of aliphatic hydroxyl groups excluding tert-OH is 1. The number of nitrogens with one attached hydrogen (secondary N) is 2. The molecule has 3 aromatic rings. The highest BCUT2D eigenvalue weighted by atomic mass is 19.1. The molecule has 0 fully saturated rings. The monoisotopic (exact) mass is 343 g/mol. The largest absolute Gasteiger partial charge is 0.388 e. The van der Waals surface area contributed by atoms with Gasteiger partial charge in [0.1, 0.15) is 5.82 Å². The van der Waals surface area contributed by atoms with Gasteiger partial charge in [-0.1, -0.05) is 12.1 Å². The molecule has 2 unspecified atom stereocenters. The van der Waals surface area contributed by atoms with Crippen LogP contribution in [0.4, 0.5) is 4.39 Å². The summed E-state index contributed by atoms with van der Waals surface area (Å²) < 4.78 is 14.8. The minimum absolute atomic E-state index is 0.0781. The first-order chi connectivity index (χ1) is 12.0. The first-order valence-corrected chi connectivity index (χ1v) is 8.22. The summed E-state index contributed by atoms with van der Waals surface area (Å²) in [5, 5.41) is 25.0. The van der Waals surface area contributed by atoms with Crippen molar-refractivity contribution in [2.45, 2.75) is 32.0 Å². The molecule has 3 N–H and O–H groups in total. The number of hydrogen-bond donors (Lipinski definition) is 3. The number of aryl methyl sites for hydroxylation is 1. The summed E-state index contributed by atoms with van der Waals surface area (Å²) >= 11 is 0. The van der Waals surface area contributed by atoms with Gasteiger partial charge in [0.25, 0.3) is 0 Å². The van der Waals surface area contributed by atoms with E-state index in [4.69, 9.17) is 0 Å². The lowest BCUT2D eigenvalue weighted by molar-refractivity contribution is 0.154. The van der Waals surface area contributed by atoms with Gasteiger partial charge in [-0.25, -0.2) is 4.39 Å². The maximum Gasteiger partial charge on any atom is 0.123 e.